The number of hydrogen-bond acceptors (Lipinski definition) is 1. The summed E-state index contributed by atoms with van der Waals surface area (Å²) in [6.45, 7) is 5.26. The van der Waals surface area contributed by atoms with Crippen molar-refractivity contribution in [1.82, 2.24) is 0 Å². The first-order chi connectivity index (χ1) is 3.55. The van der Waals surface area contributed by atoms with Gasteiger partial charge in [-0.15, -0.1) is 0 Å². The second kappa shape index (κ2) is 3.25. The summed E-state index contributed by atoms with van der Waals surface area (Å²) in [7, 11) is 0. The zero-order valence-corrected chi connectivity index (χ0v) is 6.79. The van der Waals surface area contributed by atoms with Crippen molar-refractivity contribution in [2.45, 2.75) is 11.8 Å². The van der Waals surface area contributed by atoms with E-state index in [1.165, 1.54) is 0 Å². The van der Waals surface area contributed by atoms with Gasteiger partial charge in [-0.1, -0.05) is 28.1 Å². The number of alkyl halides is 1. The van der Waals surface area contributed by atoms with Crippen LogP contribution < -0.4 is 0 Å². The Morgan fingerprint density at radius 2 is 2.25 bits per heavy atom. The molecule has 46 valence electrons. The van der Waals surface area contributed by atoms with Gasteiger partial charge >= 0.3 is 0 Å². The van der Waals surface area contributed by atoms with Crippen LogP contribution in [-0.2, 0) is 4.79 Å². The number of rotatable bonds is 2. The maximum Gasteiger partial charge on any atom is 0.239 e. The summed E-state index contributed by atoms with van der Waals surface area (Å²) in [4.78, 5) is 9.86. The molecule has 0 saturated heterocycles. The standard InChI is InChI=1S/C5H6BrClO/c1-3(2)4(6)5(7)8/h4H,1H2,2H3. The van der Waals surface area contributed by atoms with Crippen molar-refractivity contribution in [1.29, 1.82) is 0 Å². The second-order valence-electron chi connectivity index (χ2n) is 1.51. The number of hydrogen-bond donors (Lipinski definition) is 0. The third-order valence-corrected chi connectivity index (χ3v) is 2.31. The Morgan fingerprint density at radius 3 is 2.25 bits per heavy atom. The van der Waals surface area contributed by atoms with E-state index in [9.17, 15) is 4.79 Å². The van der Waals surface area contributed by atoms with Gasteiger partial charge in [0.25, 0.3) is 0 Å². The number of halogens is 2. The van der Waals surface area contributed by atoms with Crippen LogP contribution in [0.5, 0.6) is 0 Å². The highest BCUT2D eigenvalue weighted by atomic mass is 79.9. The summed E-state index contributed by atoms with van der Waals surface area (Å²) in [5, 5.41) is -0.419. The van der Waals surface area contributed by atoms with Crippen LogP contribution in [0, 0.1) is 0 Å². The monoisotopic (exact) mass is 196 g/mol. The van der Waals surface area contributed by atoms with Crippen LogP contribution in [-0.4, -0.2) is 10.1 Å². The first-order valence-corrected chi connectivity index (χ1v) is 3.34. The smallest absolute Gasteiger partial charge is 0.239 e. The fraction of sp³-hybridized carbons (Fsp3) is 0.400. The lowest BCUT2D eigenvalue weighted by atomic mass is 10.3. The molecule has 0 heterocycles. The predicted octanol–water partition coefficient (Wildman–Crippen LogP) is 2.09. The van der Waals surface area contributed by atoms with Crippen LogP contribution in [0.2, 0.25) is 0 Å². The fourth-order valence-corrected chi connectivity index (χ4v) is 0.380. The maximum atomic E-state index is 10.2. The minimum Gasteiger partial charge on any atom is -0.280 e. The Kier molecular flexibility index (Phi) is 3.33. The van der Waals surface area contributed by atoms with Gasteiger partial charge in [-0.2, -0.15) is 0 Å². The van der Waals surface area contributed by atoms with Crippen LogP contribution >= 0.6 is 27.5 Å². The Balaban J connectivity index is 3.83. The molecular weight excluding hydrogens is 191 g/mol. The third kappa shape index (κ3) is 2.48. The molecule has 0 amide bonds. The van der Waals surface area contributed by atoms with Crippen LogP contribution in [0.25, 0.3) is 0 Å². The van der Waals surface area contributed by atoms with Gasteiger partial charge in [-0.25, -0.2) is 0 Å². The first-order valence-electron chi connectivity index (χ1n) is 2.04. The number of allylic oxidation sites excluding steroid dienone is 1. The molecule has 3 heteroatoms. The number of carbonyl (C=O) groups is 1. The van der Waals surface area contributed by atoms with E-state index in [4.69, 9.17) is 11.6 Å². The van der Waals surface area contributed by atoms with Crippen molar-refractivity contribution in [3.8, 4) is 0 Å². The van der Waals surface area contributed by atoms with Crippen molar-refractivity contribution in [3.63, 3.8) is 0 Å². The van der Waals surface area contributed by atoms with Gasteiger partial charge < -0.3 is 0 Å². The molecule has 0 bridgehead atoms. The molecule has 1 nitrogen and oxygen atoms in total. The van der Waals surface area contributed by atoms with Crippen LogP contribution in [0.4, 0.5) is 0 Å². The van der Waals surface area contributed by atoms with Crippen LogP contribution in [0.15, 0.2) is 12.2 Å². The zero-order chi connectivity index (χ0) is 6.73. The summed E-state index contributed by atoms with van der Waals surface area (Å²) < 4.78 is 0. The molecule has 1 atom stereocenters. The molecule has 0 saturated carbocycles. The summed E-state index contributed by atoms with van der Waals surface area (Å²) in [5.74, 6) is 0. The van der Waals surface area contributed by atoms with Crippen molar-refractivity contribution >= 4 is 32.8 Å². The minimum absolute atomic E-state index is 0.385. The Morgan fingerprint density at radius 1 is 1.88 bits per heavy atom. The second-order valence-corrected chi connectivity index (χ2v) is 2.80. The van der Waals surface area contributed by atoms with E-state index < -0.39 is 5.24 Å². The molecule has 0 rings (SSSR count). The van der Waals surface area contributed by atoms with Gasteiger partial charge in [0.2, 0.25) is 5.24 Å². The molecule has 0 fully saturated rings. The molecule has 0 radical (unpaired) electrons. The maximum absolute atomic E-state index is 10.2. The zero-order valence-electron chi connectivity index (χ0n) is 4.45. The van der Waals surface area contributed by atoms with Gasteiger partial charge in [0.05, 0.1) is 0 Å². The lowest BCUT2D eigenvalue weighted by Crippen LogP contribution is -2.06. The molecule has 1 unspecified atom stereocenters. The minimum atomic E-state index is -0.419. The van der Waals surface area contributed by atoms with Crippen molar-refractivity contribution in [2.75, 3.05) is 0 Å². The van der Waals surface area contributed by atoms with Crippen molar-refractivity contribution in [2.24, 2.45) is 0 Å². The van der Waals surface area contributed by atoms with E-state index in [0.29, 0.717) is 0 Å². The van der Waals surface area contributed by atoms with E-state index in [2.05, 4.69) is 22.5 Å². The molecule has 0 aromatic heterocycles. The normalized spacial score (nSPS) is 12.9. The Labute approximate surface area is 61.8 Å². The average molecular weight is 197 g/mol. The van der Waals surface area contributed by atoms with Crippen LogP contribution in [0.1, 0.15) is 6.92 Å². The molecule has 0 N–H and O–H groups in total. The summed E-state index contributed by atoms with van der Waals surface area (Å²) in [5.41, 5.74) is 0.727. The van der Waals surface area contributed by atoms with Gasteiger partial charge in [0, 0.05) is 0 Å². The largest absolute Gasteiger partial charge is 0.280 e. The van der Waals surface area contributed by atoms with Gasteiger partial charge in [-0.3, -0.25) is 4.79 Å². The summed E-state index contributed by atoms with van der Waals surface area (Å²) >= 11 is 8.10. The van der Waals surface area contributed by atoms with Gasteiger partial charge in [0.1, 0.15) is 4.83 Å². The lowest BCUT2D eigenvalue weighted by Gasteiger charge is -1.99. The predicted molar refractivity (Wildman–Crippen MR) is 38.4 cm³/mol. The third-order valence-electron chi connectivity index (χ3n) is 0.632. The highest BCUT2D eigenvalue weighted by molar-refractivity contribution is 9.10. The van der Waals surface area contributed by atoms with E-state index in [-0.39, 0.29) is 4.83 Å². The highest BCUT2D eigenvalue weighted by Gasteiger charge is 2.10. The van der Waals surface area contributed by atoms with E-state index in [1.54, 1.807) is 6.92 Å². The average Bonchev–Trinajstić information content (AvgIpc) is 1.64. The lowest BCUT2D eigenvalue weighted by molar-refractivity contribution is -0.110. The molecule has 0 spiro atoms. The molecular formula is C5H6BrClO. The summed E-state index contributed by atoms with van der Waals surface area (Å²) in [6.07, 6.45) is 0. The summed E-state index contributed by atoms with van der Waals surface area (Å²) in [6, 6.07) is 0. The molecule has 0 aliphatic heterocycles. The SMILES string of the molecule is C=C(C)C(Br)C(=O)Cl. The van der Waals surface area contributed by atoms with Crippen LogP contribution in [0.3, 0.4) is 0 Å². The quantitative estimate of drug-likeness (QED) is 0.376. The fourth-order valence-electron chi connectivity index (χ4n) is 0.194. The molecule has 0 aliphatic rings. The molecule has 8 heavy (non-hydrogen) atoms. The molecule has 0 aromatic rings. The van der Waals surface area contributed by atoms with Crippen molar-refractivity contribution < 1.29 is 4.79 Å². The van der Waals surface area contributed by atoms with Gasteiger partial charge in [-0.05, 0) is 18.5 Å². The van der Waals surface area contributed by atoms with E-state index in [1.807, 2.05) is 0 Å². The van der Waals surface area contributed by atoms with E-state index in [0.717, 1.165) is 5.57 Å². The van der Waals surface area contributed by atoms with Crippen molar-refractivity contribution in [3.05, 3.63) is 12.2 Å². The molecule has 0 aliphatic carbocycles. The Hall–Kier alpha value is 0.180. The van der Waals surface area contributed by atoms with E-state index >= 15 is 0 Å². The Bertz CT molecular complexity index is 108. The first kappa shape index (κ1) is 8.18. The van der Waals surface area contributed by atoms with Gasteiger partial charge in [0.15, 0.2) is 0 Å². The molecule has 0 aromatic carbocycles. The number of carbonyl (C=O) groups excluding carboxylic acids is 1. The topological polar surface area (TPSA) is 17.1 Å². The highest BCUT2D eigenvalue weighted by Crippen LogP contribution is 2.11.